The van der Waals surface area contributed by atoms with Crippen molar-refractivity contribution in [2.75, 3.05) is 18.1 Å². The number of nitrogens with zero attached hydrogens (tertiary/aromatic N) is 4. The highest BCUT2D eigenvalue weighted by atomic mass is 32.2. The van der Waals surface area contributed by atoms with Crippen LogP contribution in [0.2, 0.25) is 0 Å². The van der Waals surface area contributed by atoms with Crippen LogP contribution in [0.5, 0.6) is 0 Å². The van der Waals surface area contributed by atoms with Crippen LogP contribution in [0.1, 0.15) is 39.6 Å². The zero-order chi connectivity index (χ0) is 17.3. The largest absolute Gasteiger partial charge is 0.329 e. The fraction of sp³-hybridized carbons (Fsp3) is 0.533. The first-order valence-electron chi connectivity index (χ1n) is 7.84. The topological polar surface area (TPSA) is 85.2 Å². The molecule has 3 heterocycles. The Hall–Kier alpha value is -1.74. The zero-order valence-corrected chi connectivity index (χ0v) is 15.3. The van der Waals surface area contributed by atoms with Crippen LogP contribution in [0, 0.1) is 0 Å². The van der Waals surface area contributed by atoms with E-state index in [0.29, 0.717) is 4.88 Å². The van der Waals surface area contributed by atoms with Crippen LogP contribution < -0.4 is 0 Å². The Labute approximate surface area is 145 Å². The van der Waals surface area contributed by atoms with Crippen LogP contribution in [0.4, 0.5) is 0 Å². The van der Waals surface area contributed by atoms with E-state index in [4.69, 9.17) is 0 Å². The van der Waals surface area contributed by atoms with E-state index in [1.165, 1.54) is 11.3 Å². The van der Waals surface area contributed by atoms with E-state index in [-0.39, 0.29) is 24.0 Å². The summed E-state index contributed by atoms with van der Waals surface area (Å²) in [4.78, 5) is 19.4. The summed E-state index contributed by atoms with van der Waals surface area (Å²) in [5.41, 5.74) is 0.743. The minimum absolute atomic E-state index is 0.00385. The van der Waals surface area contributed by atoms with E-state index in [1.54, 1.807) is 35.2 Å². The summed E-state index contributed by atoms with van der Waals surface area (Å²) in [7, 11) is -1.39. The van der Waals surface area contributed by atoms with Gasteiger partial charge in [-0.1, -0.05) is 6.92 Å². The van der Waals surface area contributed by atoms with Crippen molar-refractivity contribution >= 4 is 27.1 Å². The van der Waals surface area contributed by atoms with Crippen LogP contribution in [-0.2, 0) is 23.3 Å². The van der Waals surface area contributed by atoms with Gasteiger partial charge in [0, 0.05) is 25.4 Å². The maximum atomic E-state index is 12.9. The molecule has 0 spiro atoms. The monoisotopic (exact) mass is 368 g/mol. The molecule has 2 aromatic rings. The predicted molar refractivity (Wildman–Crippen MR) is 91.7 cm³/mol. The molecule has 9 heteroatoms. The molecule has 130 valence electrons. The Kier molecular flexibility index (Phi) is 4.73. The lowest BCUT2D eigenvalue weighted by molar-refractivity contribution is 0.0702. The molecular formula is C15H20N4O3S2. The lowest BCUT2D eigenvalue weighted by Gasteiger charge is -2.34. The van der Waals surface area contributed by atoms with Crippen LogP contribution in [0.3, 0.4) is 0 Å². The first kappa shape index (κ1) is 17.1. The Morgan fingerprint density at radius 2 is 2.21 bits per heavy atom. The van der Waals surface area contributed by atoms with E-state index >= 15 is 0 Å². The first-order chi connectivity index (χ1) is 11.4. The summed E-state index contributed by atoms with van der Waals surface area (Å²) < 4.78 is 25.7. The van der Waals surface area contributed by atoms with Crippen molar-refractivity contribution in [3.63, 3.8) is 0 Å². The number of sulfone groups is 1. The van der Waals surface area contributed by atoms with Gasteiger partial charge in [-0.15, -0.1) is 11.3 Å². The SMILES string of the molecule is CCCc1ncc(C(=O)N2CCS(=O)(=O)CC2c2cnn(C)c2)s1. The van der Waals surface area contributed by atoms with Crippen LogP contribution in [-0.4, -0.2) is 52.0 Å². The molecule has 0 bridgehead atoms. The van der Waals surface area contributed by atoms with Crippen LogP contribution >= 0.6 is 11.3 Å². The van der Waals surface area contributed by atoms with Gasteiger partial charge in [0.1, 0.15) is 4.88 Å². The van der Waals surface area contributed by atoms with Gasteiger partial charge in [0.2, 0.25) is 0 Å². The van der Waals surface area contributed by atoms with Gasteiger partial charge < -0.3 is 4.90 Å². The van der Waals surface area contributed by atoms with E-state index in [2.05, 4.69) is 17.0 Å². The molecule has 3 rings (SSSR count). The van der Waals surface area contributed by atoms with Crippen molar-refractivity contribution in [3.05, 3.63) is 34.0 Å². The van der Waals surface area contributed by atoms with Gasteiger partial charge in [-0.3, -0.25) is 9.48 Å². The molecule has 0 aromatic carbocycles. The van der Waals surface area contributed by atoms with Gasteiger partial charge in [-0.25, -0.2) is 13.4 Å². The number of hydrogen-bond donors (Lipinski definition) is 0. The molecule has 1 aliphatic heterocycles. The van der Waals surface area contributed by atoms with Crippen molar-refractivity contribution in [1.29, 1.82) is 0 Å². The number of carbonyl (C=O) groups excluding carboxylic acids is 1. The van der Waals surface area contributed by atoms with Crippen molar-refractivity contribution in [1.82, 2.24) is 19.7 Å². The van der Waals surface area contributed by atoms with Crippen LogP contribution in [0.15, 0.2) is 18.6 Å². The summed E-state index contributed by atoms with van der Waals surface area (Å²) in [6.45, 7) is 2.26. The molecule has 24 heavy (non-hydrogen) atoms. The molecule has 1 fully saturated rings. The van der Waals surface area contributed by atoms with E-state index in [9.17, 15) is 13.2 Å². The fourth-order valence-corrected chi connectivity index (χ4v) is 5.29. The standard InChI is InChI=1S/C15H20N4O3S2/c1-3-4-14-16-8-13(23-14)15(20)19-5-6-24(21,22)10-12(19)11-7-17-18(2)9-11/h7-9,12H,3-6,10H2,1-2H3. The number of carbonyl (C=O) groups is 1. The van der Waals surface area contributed by atoms with E-state index in [0.717, 1.165) is 23.4 Å². The average molecular weight is 368 g/mol. The second-order valence-corrected chi connectivity index (χ2v) is 9.29. The Balaban J connectivity index is 1.89. The maximum Gasteiger partial charge on any atom is 0.266 e. The van der Waals surface area contributed by atoms with Gasteiger partial charge >= 0.3 is 0 Å². The third-order valence-electron chi connectivity index (χ3n) is 4.03. The predicted octanol–water partition coefficient (Wildman–Crippen LogP) is 1.44. The lowest BCUT2D eigenvalue weighted by Crippen LogP contribution is -2.45. The maximum absolute atomic E-state index is 12.9. The third-order valence-corrected chi connectivity index (χ3v) is 6.70. The molecule has 1 aliphatic rings. The molecule has 0 N–H and O–H groups in total. The quantitative estimate of drug-likeness (QED) is 0.815. The highest BCUT2D eigenvalue weighted by Gasteiger charge is 2.36. The summed E-state index contributed by atoms with van der Waals surface area (Å²) in [5.74, 6) is -0.222. The first-order valence-corrected chi connectivity index (χ1v) is 10.5. The summed E-state index contributed by atoms with van der Waals surface area (Å²) in [6, 6.07) is -0.498. The van der Waals surface area contributed by atoms with Gasteiger partial charge in [0.25, 0.3) is 5.91 Å². The lowest BCUT2D eigenvalue weighted by atomic mass is 10.1. The Morgan fingerprint density at radius 1 is 1.42 bits per heavy atom. The fourth-order valence-electron chi connectivity index (χ4n) is 2.82. The molecule has 0 radical (unpaired) electrons. The van der Waals surface area contributed by atoms with E-state index < -0.39 is 15.9 Å². The number of aromatic nitrogens is 3. The summed E-state index contributed by atoms with van der Waals surface area (Å²) in [5, 5.41) is 5.04. The number of thiazole rings is 1. The Morgan fingerprint density at radius 3 is 2.88 bits per heavy atom. The second-order valence-electron chi connectivity index (χ2n) is 5.94. The Bertz CT molecular complexity index is 841. The number of aryl methyl sites for hydroxylation is 2. The normalized spacial score (nSPS) is 20.2. The molecule has 7 nitrogen and oxygen atoms in total. The van der Waals surface area contributed by atoms with Gasteiger partial charge in [0.15, 0.2) is 9.84 Å². The minimum atomic E-state index is -3.17. The van der Waals surface area contributed by atoms with Crippen LogP contribution in [0.25, 0.3) is 0 Å². The number of rotatable bonds is 4. The smallest absolute Gasteiger partial charge is 0.266 e. The molecule has 2 aromatic heterocycles. The molecule has 1 saturated heterocycles. The number of hydrogen-bond acceptors (Lipinski definition) is 6. The molecule has 1 atom stereocenters. The molecule has 0 aliphatic carbocycles. The summed E-state index contributed by atoms with van der Waals surface area (Å²) >= 11 is 1.39. The molecule has 0 saturated carbocycles. The van der Waals surface area contributed by atoms with Gasteiger partial charge in [0.05, 0.1) is 34.9 Å². The number of amides is 1. The summed E-state index contributed by atoms with van der Waals surface area (Å²) in [6.07, 6.45) is 6.81. The van der Waals surface area contributed by atoms with Gasteiger partial charge in [-0.2, -0.15) is 5.10 Å². The highest BCUT2D eigenvalue weighted by molar-refractivity contribution is 7.91. The van der Waals surface area contributed by atoms with Gasteiger partial charge in [-0.05, 0) is 12.8 Å². The highest BCUT2D eigenvalue weighted by Crippen LogP contribution is 2.29. The van der Waals surface area contributed by atoms with Crippen molar-refractivity contribution in [2.45, 2.75) is 25.8 Å². The van der Waals surface area contributed by atoms with Crippen molar-refractivity contribution in [2.24, 2.45) is 7.05 Å². The van der Waals surface area contributed by atoms with Crippen molar-refractivity contribution in [3.8, 4) is 0 Å². The zero-order valence-electron chi connectivity index (χ0n) is 13.7. The molecule has 1 unspecified atom stereocenters. The average Bonchev–Trinajstić information content (AvgIpc) is 3.15. The second kappa shape index (κ2) is 6.64. The van der Waals surface area contributed by atoms with E-state index in [1.807, 2.05) is 0 Å². The molecular weight excluding hydrogens is 348 g/mol. The minimum Gasteiger partial charge on any atom is -0.329 e. The third kappa shape index (κ3) is 3.51. The van der Waals surface area contributed by atoms with Crippen molar-refractivity contribution < 1.29 is 13.2 Å². The molecule has 1 amide bonds.